The Kier molecular flexibility index (Phi) is 18.8. The normalized spacial score (nSPS) is 10.5. The van der Waals surface area contributed by atoms with Gasteiger partial charge in [-0.3, -0.25) is 4.79 Å². The second-order valence-electron chi connectivity index (χ2n) is 6.02. The first-order valence-corrected chi connectivity index (χ1v) is 9.65. The Morgan fingerprint density at radius 3 is 2.04 bits per heavy atom. The van der Waals surface area contributed by atoms with E-state index in [1.165, 1.54) is 38.5 Å². The van der Waals surface area contributed by atoms with Crippen molar-refractivity contribution < 1.29 is 9.90 Å². The molecule has 0 aromatic heterocycles. The smallest absolute Gasteiger partial charge is 0.158 e. The Labute approximate surface area is 154 Å². The molecule has 0 spiro atoms. The Morgan fingerprint density at radius 1 is 0.800 bits per heavy atom. The second-order valence-corrected chi connectivity index (χ2v) is 6.02. The fraction of sp³-hybridized carbons (Fsp3) is 0.609. The Bertz CT molecular complexity index is 492. The summed E-state index contributed by atoms with van der Waals surface area (Å²) in [6, 6.07) is 0. The van der Waals surface area contributed by atoms with E-state index in [4.69, 9.17) is 5.11 Å². The van der Waals surface area contributed by atoms with Crippen LogP contribution in [0.4, 0.5) is 0 Å². The maximum absolute atomic E-state index is 10.9. The van der Waals surface area contributed by atoms with Crippen LogP contribution in [0.3, 0.4) is 0 Å². The van der Waals surface area contributed by atoms with E-state index < -0.39 is 0 Å². The minimum atomic E-state index is -0.355. The third kappa shape index (κ3) is 20.2. The first kappa shape index (κ1) is 23.2. The molecule has 2 nitrogen and oxygen atoms in total. The molecular formula is C23H34O2. The number of ketones is 1. The molecule has 0 aliphatic heterocycles. The first-order chi connectivity index (χ1) is 12.3. The number of Topliss-reactive ketones (excluding diaryl/α,β-unsaturated/α-hetero) is 1. The minimum Gasteiger partial charge on any atom is -0.389 e. The molecule has 0 aliphatic rings. The average molecular weight is 343 g/mol. The van der Waals surface area contributed by atoms with Gasteiger partial charge in [0.25, 0.3) is 0 Å². The van der Waals surface area contributed by atoms with Crippen LogP contribution in [-0.4, -0.2) is 17.5 Å². The fourth-order valence-electron chi connectivity index (χ4n) is 2.17. The predicted molar refractivity (Wildman–Crippen MR) is 107 cm³/mol. The molecule has 0 bridgehead atoms. The lowest BCUT2D eigenvalue weighted by atomic mass is 10.1. The van der Waals surface area contributed by atoms with Crippen LogP contribution in [0.2, 0.25) is 0 Å². The number of aliphatic hydroxyl groups excluding tert-OH is 1. The lowest BCUT2D eigenvalue weighted by Gasteiger charge is -1.95. The number of hydrogen-bond acceptors (Lipinski definition) is 2. The molecule has 0 radical (unpaired) electrons. The minimum absolute atomic E-state index is 0.109. The number of rotatable bonds is 13. The largest absolute Gasteiger partial charge is 0.389 e. The van der Waals surface area contributed by atoms with E-state index in [-0.39, 0.29) is 12.4 Å². The number of carbonyl (C=O) groups is 1. The molecule has 25 heavy (non-hydrogen) atoms. The maximum Gasteiger partial charge on any atom is 0.158 e. The van der Waals surface area contributed by atoms with E-state index in [2.05, 4.69) is 48.8 Å². The van der Waals surface area contributed by atoms with Crippen LogP contribution in [0.25, 0.3) is 0 Å². The van der Waals surface area contributed by atoms with Gasteiger partial charge in [-0.25, -0.2) is 0 Å². The summed E-state index contributed by atoms with van der Waals surface area (Å²) in [6.07, 6.45) is 20.6. The molecule has 0 amide bonds. The van der Waals surface area contributed by atoms with Gasteiger partial charge in [0.15, 0.2) is 5.78 Å². The zero-order valence-corrected chi connectivity index (χ0v) is 15.9. The van der Waals surface area contributed by atoms with Crippen LogP contribution in [0.5, 0.6) is 0 Å². The van der Waals surface area contributed by atoms with E-state index >= 15 is 0 Å². The molecule has 0 aromatic carbocycles. The van der Waals surface area contributed by atoms with Crippen molar-refractivity contribution in [1.82, 2.24) is 0 Å². The number of hydrogen-bond donors (Lipinski definition) is 1. The Balaban J connectivity index is 3.48. The van der Waals surface area contributed by atoms with Gasteiger partial charge in [0.1, 0.15) is 6.61 Å². The standard InChI is InChI=1S/C23H34O2/c1-2-3-4-5-6-7-8-9-10-11-12-13-14-15-16-17-18-19-20-21-23(25)22-24/h8-9,14-15,24H,2-7,10,13,16,19-22H2,1H3/b9-8-,15-14-. The molecular weight excluding hydrogens is 308 g/mol. The predicted octanol–water partition coefficient (Wildman–Crippen LogP) is 5.37. The van der Waals surface area contributed by atoms with Crippen LogP contribution >= 0.6 is 0 Å². The van der Waals surface area contributed by atoms with Gasteiger partial charge in [-0.15, -0.1) is 5.92 Å². The summed E-state index contributed by atoms with van der Waals surface area (Å²) < 4.78 is 0. The van der Waals surface area contributed by atoms with Gasteiger partial charge in [-0.2, -0.15) is 0 Å². The molecule has 138 valence electrons. The molecule has 2 heteroatoms. The quantitative estimate of drug-likeness (QED) is 0.278. The van der Waals surface area contributed by atoms with Gasteiger partial charge >= 0.3 is 0 Å². The SMILES string of the molecule is CCCCCCC/C=C\CC#CC/C=C\CC#CCCCC(=O)CO. The summed E-state index contributed by atoms with van der Waals surface area (Å²) >= 11 is 0. The highest BCUT2D eigenvalue weighted by Crippen LogP contribution is 2.05. The van der Waals surface area contributed by atoms with Crippen LogP contribution in [0, 0.1) is 23.7 Å². The average Bonchev–Trinajstić information content (AvgIpc) is 2.63. The van der Waals surface area contributed by atoms with Gasteiger partial charge < -0.3 is 5.11 Å². The number of allylic oxidation sites excluding steroid dienone is 4. The van der Waals surface area contributed by atoms with Gasteiger partial charge in [0, 0.05) is 32.1 Å². The summed E-state index contributed by atoms with van der Waals surface area (Å²) in [5.74, 6) is 12.3. The van der Waals surface area contributed by atoms with E-state index in [1.807, 2.05) is 6.08 Å². The third-order valence-corrected chi connectivity index (χ3v) is 3.65. The van der Waals surface area contributed by atoms with Crippen molar-refractivity contribution in [3.63, 3.8) is 0 Å². The van der Waals surface area contributed by atoms with Gasteiger partial charge in [0.05, 0.1) is 0 Å². The summed E-state index contributed by atoms with van der Waals surface area (Å²) in [7, 11) is 0. The van der Waals surface area contributed by atoms with Crippen molar-refractivity contribution in [3.8, 4) is 23.7 Å². The maximum atomic E-state index is 10.9. The Morgan fingerprint density at radius 2 is 1.40 bits per heavy atom. The molecule has 0 unspecified atom stereocenters. The topological polar surface area (TPSA) is 37.3 Å². The molecule has 0 heterocycles. The molecule has 0 atom stereocenters. The van der Waals surface area contributed by atoms with Crippen molar-refractivity contribution >= 4 is 5.78 Å². The van der Waals surface area contributed by atoms with Crippen LogP contribution in [0.1, 0.15) is 84.0 Å². The zero-order valence-electron chi connectivity index (χ0n) is 15.9. The summed E-state index contributed by atoms with van der Waals surface area (Å²) in [4.78, 5) is 10.9. The highest BCUT2D eigenvalue weighted by Gasteiger charge is 1.96. The fourth-order valence-corrected chi connectivity index (χ4v) is 2.17. The highest BCUT2D eigenvalue weighted by molar-refractivity contribution is 5.79. The second kappa shape index (κ2) is 20.3. The van der Waals surface area contributed by atoms with E-state index in [9.17, 15) is 4.79 Å². The van der Waals surface area contributed by atoms with Crippen molar-refractivity contribution in [2.45, 2.75) is 84.0 Å². The van der Waals surface area contributed by atoms with Crippen molar-refractivity contribution in [1.29, 1.82) is 0 Å². The number of carbonyl (C=O) groups excluding carboxylic acids is 1. The van der Waals surface area contributed by atoms with E-state index in [0.717, 1.165) is 25.7 Å². The van der Waals surface area contributed by atoms with Crippen LogP contribution in [0.15, 0.2) is 24.3 Å². The van der Waals surface area contributed by atoms with Gasteiger partial charge in [-0.05, 0) is 19.3 Å². The van der Waals surface area contributed by atoms with E-state index in [1.54, 1.807) is 0 Å². The van der Waals surface area contributed by atoms with Crippen molar-refractivity contribution in [2.75, 3.05) is 6.61 Å². The van der Waals surface area contributed by atoms with E-state index in [0.29, 0.717) is 12.8 Å². The van der Waals surface area contributed by atoms with Crippen molar-refractivity contribution in [3.05, 3.63) is 24.3 Å². The summed E-state index contributed by atoms with van der Waals surface area (Å²) in [6.45, 7) is 1.89. The first-order valence-electron chi connectivity index (χ1n) is 9.65. The zero-order chi connectivity index (χ0) is 18.4. The molecule has 1 N–H and O–H groups in total. The third-order valence-electron chi connectivity index (χ3n) is 3.65. The van der Waals surface area contributed by atoms with Gasteiger partial charge in [-0.1, -0.05) is 74.7 Å². The summed E-state index contributed by atoms with van der Waals surface area (Å²) in [5, 5.41) is 8.58. The molecule has 0 aromatic rings. The monoisotopic (exact) mass is 342 g/mol. The van der Waals surface area contributed by atoms with Crippen LogP contribution < -0.4 is 0 Å². The lowest BCUT2D eigenvalue weighted by molar-refractivity contribution is -0.121. The van der Waals surface area contributed by atoms with Crippen molar-refractivity contribution in [2.24, 2.45) is 0 Å². The molecule has 0 saturated carbocycles. The molecule has 0 aliphatic carbocycles. The number of unbranched alkanes of at least 4 members (excludes halogenated alkanes) is 6. The molecule has 0 fully saturated rings. The molecule has 0 saturated heterocycles. The number of aliphatic hydroxyl groups is 1. The van der Waals surface area contributed by atoms with Gasteiger partial charge in [0.2, 0.25) is 0 Å². The Hall–Kier alpha value is -1.77. The van der Waals surface area contributed by atoms with Crippen LogP contribution in [-0.2, 0) is 4.79 Å². The molecule has 0 rings (SSSR count). The lowest BCUT2D eigenvalue weighted by Crippen LogP contribution is -2.02. The summed E-state index contributed by atoms with van der Waals surface area (Å²) in [5.41, 5.74) is 0. The highest BCUT2D eigenvalue weighted by atomic mass is 16.3.